The lowest BCUT2D eigenvalue weighted by Crippen LogP contribution is -2.45. The van der Waals surface area contributed by atoms with E-state index in [1.165, 1.54) is 366 Å². The van der Waals surface area contributed by atoms with Crippen LogP contribution in [0.25, 0.3) is 0 Å². The zero-order chi connectivity index (χ0) is 63.5. The first kappa shape index (κ1) is 86.1. The molecule has 0 aliphatic carbocycles. The highest BCUT2D eigenvalue weighted by molar-refractivity contribution is 5.76. The Hall–Kier alpha value is -1.92. The lowest BCUT2D eigenvalue weighted by molar-refractivity contribution is -0.143. The molecule has 0 fully saturated rings. The smallest absolute Gasteiger partial charge is 0.305 e. The van der Waals surface area contributed by atoms with Gasteiger partial charge in [0.1, 0.15) is 0 Å². The van der Waals surface area contributed by atoms with Crippen molar-refractivity contribution in [3.8, 4) is 0 Å². The number of allylic oxidation sites excluding steroid dienone is 6. The van der Waals surface area contributed by atoms with Gasteiger partial charge in [-0.15, -0.1) is 0 Å². The maximum atomic E-state index is 12.5. The van der Waals surface area contributed by atoms with Crippen LogP contribution in [0.15, 0.2) is 36.5 Å². The molecule has 0 rings (SSSR count). The Bertz CT molecular complexity index is 1430. The Morgan fingerprint density at radius 1 is 0.318 bits per heavy atom. The van der Waals surface area contributed by atoms with Crippen LogP contribution in [0, 0.1) is 0 Å². The second-order valence-electron chi connectivity index (χ2n) is 27.7. The van der Waals surface area contributed by atoms with Crippen LogP contribution in [0.4, 0.5) is 0 Å². The van der Waals surface area contributed by atoms with Crippen molar-refractivity contribution in [2.24, 2.45) is 0 Å². The molecular weight excluding hydrogens is 1080 g/mol. The highest BCUT2D eigenvalue weighted by Crippen LogP contribution is 2.20. The van der Waals surface area contributed by atoms with Crippen molar-refractivity contribution < 1.29 is 24.5 Å². The summed E-state index contributed by atoms with van der Waals surface area (Å²) in [6.07, 6.45) is 101. The number of aliphatic hydroxyl groups is 2. The zero-order valence-corrected chi connectivity index (χ0v) is 59.7. The minimum absolute atomic E-state index is 0.00858. The lowest BCUT2D eigenvalue weighted by atomic mass is 10.0. The standard InChI is InChI=1S/C82H157NO5/c1-3-5-7-9-11-13-15-17-19-21-43-46-50-54-58-62-66-70-74-80(85)79(78-84)83-81(86)75-71-67-63-59-55-51-47-44-41-39-37-35-33-31-29-27-25-23-22-24-26-28-30-32-34-36-38-40-42-45-49-53-57-61-65-69-73-77-88-82(87)76-72-68-64-60-56-52-48-20-18-16-14-12-10-8-6-4-2/h14,16,20,22,24,48,79-80,84-85H,3-13,15,17-19,21,23,25-47,49-78H2,1-2H3,(H,83,86)/b16-14-,24-22-,48-20-. The van der Waals surface area contributed by atoms with Gasteiger partial charge in [0.2, 0.25) is 5.91 Å². The van der Waals surface area contributed by atoms with Gasteiger partial charge < -0.3 is 20.3 Å². The third-order valence-electron chi connectivity index (χ3n) is 18.9. The van der Waals surface area contributed by atoms with Crippen LogP contribution in [0.1, 0.15) is 450 Å². The number of unbranched alkanes of at least 4 members (excludes halogenated alkanes) is 59. The lowest BCUT2D eigenvalue weighted by Gasteiger charge is -2.22. The van der Waals surface area contributed by atoms with E-state index in [1.807, 2.05) is 0 Å². The van der Waals surface area contributed by atoms with E-state index >= 15 is 0 Å². The van der Waals surface area contributed by atoms with Gasteiger partial charge in [0, 0.05) is 12.8 Å². The molecule has 0 heterocycles. The predicted molar refractivity (Wildman–Crippen MR) is 389 cm³/mol. The first-order chi connectivity index (χ1) is 43.5. The molecule has 0 aliphatic heterocycles. The van der Waals surface area contributed by atoms with Crippen molar-refractivity contribution in [2.75, 3.05) is 13.2 Å². The van der Waals surface area contributed by atoms with E-state index in [1.54, 1.807) is 0 Å². The van der Waals surface area contributed by atoms with Crippen LogP contribution < -0.4 is 5.32 Å². The van der Waals surface area contributed by atoms with Gasteiger partial charge >= 0.3 is 5.97 Å². The number of nitrogens with one attached hydrogen (secondary N) is 1. The summed E-state index contributed by atoms with van der Waals surface area (Å²) in [7, 11) is 0. The van der Waals surface area contributed by atoms with E-state index < -0.39 is 12.1 Å². The van der Waals surface area contributed by atoms with Gasteiger partial charge in [-0.1, -0.05) is 391 Å². The maximum Gasteiger partial charge on any atom is 0.305 e. The van der Waals surface area contributed by atoms with Crippen LogP contribution in [0.3, 0.4) is 0 Å². The van der Waals surface area contributed by atoms with Crippen LogP contribution in [0.5, 0.6) is 0 Å². The minimum Gasteiger partial charge on any atom is -0.466 e. The van der Waals surface area contributed by atoms with Crippen molar-refractivity contribution >= 4 is 11.9 Å². The van der Waals surface area contributed by atoms with E-state index in [0.717, 1.165) is 51.4 Å². The Morgan fingerprint density at radius 3 is 0.886 bits per heavy atom. The zero-order valence-electron chi connectivity index (χ0n) is 59.7. The molecule has 0 saturated heterocycles. The molecule has 2 atom stereocenters. The topological polar surface area (TPSA) is 95.9 Å². The van der Waals surface area contributed by atoms with Crippen molar-refractivity contribution in [2.45, 2.75) is 463 Å². The summed E-state index contributed by atoms with van der Waals surface area (Å²) in [4.78, 5) is 24.6. The molecular formula is C82H157NO5. The molecule has 6 heteroatoms. The number of esters is 1. The van der Waals surface area contributed by atoms with Crippen LogP contribution in [-0.2, 0) is 14.3 Å². The summed E-state index contributed by atoms with van der Waals surface area (Å²) in [5.41, 5.74) is 0. The first-order valence-corrected chi connectivity index (χ1v) is 40.2. The fraction of sp³-hybridized carbons (Fsp3) is 0.902. The Labute approximate surface area is 551 Å². The average Bonchev–Trinajstić information content (AvgIpc) is 3.58. The maximum absolute atomic E-state index is 12.5. The van der Waals surface area contributed by atoms with Gasteiger partial charge in [0.25, 0.3) is 0 Å². The first-order valence-electron chi connectivity index (χ1n) is 40.2. The molecule has 0 aromatic heterocycles. The van der Waals surface area contributed by atoms with E-state index in [4.69, 9.17) is 4.74 Å². The monoisotopic (exact) mass is 1240 g/mol. The Morgan fingerprint density at radius 2 is 0.568 bits per heavy atom. The van der Waals surface area contributed by atoms with Gasteiger partial charge in [-0.2, -0.15) is 0 Å². The van der Waals surface area contributed by atoms with Crippen LogP contribution in [0.2, 0.25) is 0 Å². The number of amides is 1. The molecule has 88 heavy (non-hydrogen) atoms. The molecule has 0 saturated carbocycles. The van der Waals surface area contributed by atoms with E-state index in [2.05, 4.69) is 55.6 Å². The third kappa shape index (κ3) is 73.1. The van der Waals surface area contributed by atoms with Crippen molar-refractivity contribution in [3.05, 3.63) is 36.5 Å². The van der Waals surface area contributed by atoms with Crippen molar-refractivity contribution in [1.82, 2.24) is 5.32 Å². The molecule has 6 nitrogen and oxygen atoms in total. The number of rotatable bonds is 76. The number of hydrogen-bond donors (Lipinski definition) is 3. The number of hydrogen-bond acceptors (Lipinski definition) is 5. The summed E-state index contributed by atoms with van der Waals surface area (Å²) in [5, 5.41) is 23.4. The summed E-state index contributed by atoms with van der Waals surface area (Å²) < 4.78 is 5.50. The van der Waals surface area contributed by atoms with Gasteiger partial charge in [0.05, 0.1) is 25.4 Å². The normalized spacial score (nSPS) is 12.6. The SMILES string of the molecule is CCCCCC/C=C\C/C=C\CCCCCCCC(=O)OCCCCCCCCCCCCCCCCCC/C=C\CCCCCCCCCCCCCCCCCCCC(=O)NC(CO)C(O)CCCCCCCCCCCCCCCCCCCC. The van der Waals surface area contributed by atoms with E-state index in [9.17, 15) is 19.8 Å². The van der Waals surface area contributed by atoms with Gasteiger partial charge in [0.15, 0.2) is 0 Å². The molecule has 0 spiro atoms. The predicted octanol–water partition coefficient (Wildman–Crippen LogP) is 26.6. The second kappa shape index (κ2) is 77.5. The number of aliphatic hydroxyl groups excluding tert-OH is 2. The van der Waals surface area contributed by atoms with Crippen LogP contribution in [-0.4, -0.2) is 47.4 Å². The molecule has 0 bridgehead atoms. The Balaban J connectivity index is 3.33. The molecule has 520 valence electrons. The largest absolute Gasteiger partial charge is 0.466 e. The molecule has 2 unspecified atom stereocenters. The molecule has 0 aromatic rings. The second-order valence-corrected chi connectivity index (χ2v) is 27.7. The highest BCUT2D eigenvalue weighted by Gasteiger charge is 2.20. The summed E-state index contributed by atoms with van der Waals surface area (Å²) >= 11 is 0. The fourth-order valence-electron chi connectivity index (χ4n) is 12.8. The summed E-state index contributed by atoms with van der Waals surface area (Å²) in [6.45, 7) is 4.98. The number of carbonyl (C=O) groups is 2. The summed E-state index contributed by atoms with van der Waals surface area (Å²) in [6, 6.07) is -0.539. The Kier molecular flexibility index (Phi) is 75.8. The van der Waals surface area contributed by atoms with Crippen molar-refractivity contribution in [3.63, 3.8) is 0 Å². The number of ether oxygens (including phenoxy) is 1. The third-order valence-corrected chi connectivity index (χ3v) is 18.9. The van der Waals surface area contributed by atoms with E-state index in [-0.39, 0.29) is 18.5 Å². The molecule has 0 aliphatic rings. The highest BCUT2D eigenvalue weighted by atomic mass is 16.5. The fourth-order valence-corrected chi connectivity index (χ4v) is 12.8. The molecule has 0 radical (unpaired) electrons. The van der Waals surface area contributed by atoms with Gasteiger partial charge in [-0.3, -0.25) is 9.59 Å². The van der Waals surface area contributed by atoms with Crippen molar-refractivity contribution in [1.29, 1.82) is 0 Å². The van der Waals surface area contributed by atoms with Gasteiger partial charge in [-0.05, 0) is 83.5 Å². The van der Waals surface area contributed by atoms with Gasteiger partial charge in [-0.25, -0.2) is 0 Å². The van der Waals surface area contributed by atoms with E-state index in [0.29, 0.717) is 25.9 Å². The average molecular weight is 1240 g/mol. The summed E-state index contributed by atoms with van der Waals surface area (Å²) in [5.74, 6) is -0.0181. The molecule has 0 aromatic carbocycles. The molecule has 1 amide bonds. The number of carbonyl (C=O) groups excluding carboxylic acids is 2. The molecule has 3 N–H and O–H groups in total. The minimum atomic E-state index is -0.662. The quantitative estimate of drug-likeness (QED) is 0.0320. The van der Waals surface area contributed by atoms with Crippen LogP contribution >= 0.6 is 0 Å².